The van der Waals surface area contributed by atoms with Crippen LogP contribution in [0, 0.1) is 0 Å². The maximum absolute atomic E-state index is 12.6. The number of carbonyl (C=O) groups excluding carboxylic acids is 1. The molecule has 0 aliphatic carbocycles. The van der Waals surface area contributed by atoms with Crippen LogP contribution in [-0.4, -0.2) is 39.6 Å². The summed E-state index contributed by atoms with van der Waals surface area (Å²) in [6.07, 6.45) is 64.4. The zero-order chi connectivity index (χ0) is 46.0. The third-order valence-electron chi connectivity index (χ3n) is 13.2. The maximum Gasteiger partial charge on any atom is 0.469 e. The van der Waals surface area contributed by atoms with Crippen molar-refractivity contribution in [1.29, 1.82) is 0 Å². The van der Waals surface area contributed by atoms with E-state index in [0.29, 0.717) is 6.42 Å². The minimum atomic E-state index is -4.72. The largest absolute Gasteiger partial charge is 0.469 e. The molecular formula is C55H110NO6P. The van der Waals surface area contributed by atoms with Crippen molar-refractivity contribution in [1.82, 2.24) is 5.32 Å². The lowest BCUT2D eigenvalue weighted by molar-refractivity contribution is -0.123. The SMILES string of the molecule is CCCCCCCCCCCCC/C=C/[C@@H](O)[C@H](COP(=O)(O)O)NC(=O)CCCCCCCCCCCCCCCCCCCCCCCCCCCCCCCCCCCC. The standard InChI is InChI=1S/C55H110NO6P/c1-3-5-7-9-11-13-15-17-18-19-20-21-22-23-24-25-26-27-28-29-30-31-32-33-34-35-36-37-39-41-43-45-47-49-51-55(58)56-53(52-62-63(59,60)61)54(57)50-48-46-44-42-40-38-16-14-12-10-8-6-4-2/h48,50,53-54,57H,3-47,49,51-52H2,1-2H3,(H,56,58)(H2,59,60,61)/b50-48+/t53-,54+/m0/s1. The number of amides is 1. The monoisotopic (exact) mass is 912 g/mol. The summed E-state index contributed by atoms with van der Waals surface area (Å²) < 4.78 is 16.0. The lowest BCUT2D eigenvalue weighted by atomic mass is 10.0. The van der Waals surface area contributed by atoms with E-state index in [4.69, 9.17) is 0 Å². The first kappa shape index (κ1) is 62.3. The summed E-state index contributed by atoms with van der Waals surface area (Å²) in [5.74, 6) is -0.219. The normalized spacial score (nSPS) is 13.0. The van der Waals surface area contributed by atoms with E-state index in [1.54, 1.807) is 6.08 Å². The van der Waals surface area contributed by atoms with E-state index in [1.807, 2.05) is 6.08 Å². The second-order valence-corrected chi connectivity index (χ2v) is 20.9. The molecule has 376 valence electrons. The number of aliphatic hydroxyl groups excluding tert-OH is 1. The molecule has 8 heteroatoms. The van der Waals surface area contributed by atoms with Crippen LogP contribution in [0.15, 0.2) is 12.2 Å². The van der Waals surface area contributed by atoms with Gasteiger partial charge in [-0.2, -0.15) is 0 Å². The van der Waals surface area contributed by atoms with E-state index in [-0.39, 0.29) is 5.91 Å². The van der Waals surface area contributed by atoms with Crippen molar-refractivity contribution < 1.29 is 28.8 Å². The molecular weight excluding hydrogens is 802 g/mol. The van der Waals surface area contributed by atoms with Crippen LogP contribution in [0.5, 0.6) is 0 Å². The predicted molar refractivity (Wildman–Crippen MR) is 273 cm³/mol. The first-order chi connectivity index (χ1) is 30.8. The van der Waals surface area contributed by atoms with Gasteiger partial charge in [0.05, 0.1) is 18.8 Å². The molecule has 0 saturated heterocycles. The van der Waals surface area contributed by atoms with Gasteiger partial charge in [-0.25, -0.2) is 4.57 Å². The van der Waals surface area contributed by atoms with Crippen molar-refractivity contribution >= 4 is 13.7 Å². The van der Waals surface area contributed by atoms with E-state index >= 15 is 0 Å². The van der Waals surface area contributed by atoms with Gasteiger partial charge in [-0.1, -0.05) is 302 Å². The molecule has 0 bridgehead atoms. The van der Waals surface area contributed by atoms with Gasteiger partial charge >= 0.3 is 7.82 Å². The fourth-order valence-corrected chi connectivity index (χ4v) is 9.35. The summed E-state index contributed by atoms with van der Waals surface area (Å²) in [6.45, 7) is 4.11. The number of nitrogens with one attached hydrogen (secondary N) is 1. The molecule has 0 aliphatic rings. The highest BCUT2D eigenvalue weighted by molar-refractivity contribution is 7.46. The van der Waals surface area contributed by atoms with Crippen molar-refractivity contribution in [3.8, 4) is 0 Å². The van der Waals surface area contributed by atoms with Crippen LogP contribution >= 0.6 is 7.82 Å². The van der Waals surface area contributed by atoms with E-state index in [1.165, 1.54) is 257 Å². The van der Waals surface area contributed by atoms with Gasteiger partial charge in [0, 0.05) is 6.42 Å². The average Bonchev–Trinajstić information content (AvgIpc) is 3.26. The molecule has 7 nitrogen and oxygen atoms in total. The first-order valence-corrected chi connectivity index (χ1v) is 29.7. The summed E-state index contributed by atoms with van der Waals surface area (Å²) in [6, 6.07) is -0.906. The molecule has 0 fully saturated rings. The first-order valence-electron chi connectivity index (χ1n) is 28.1. The van der Waals surface area contributed by atoms with Gasteiger partial charge in [0.15, 0.2) is 0 Å². The van der Waals surface area contributed by atoms with Crippen LogP contribution in [0.25, 0.3) is 0 Å². The molecule has 0 rings (SSSR count). The fraction of sp³-hybridized carbons (Fsp3) is 0.945. The number of allylic oxidation sites excluding steroid dienone is 1. The van der Waals surface area contributed by atoms with Crippen molar-refractivity contribution in [2.75, 3.05) is 6.61 Å². The minimum absolute atomic E-state index is 0.219. The lowest BCUT2D eigenvalue weighted by Gasteiger charge is -2.22. The zero-order valence-electron chi connectivity index (χ0n) is 42.3. The fourth-order valence-electron chi connectivity index (χ4n) is 8.99. The summed E-state index contributed by atoms with van der Waals surface area (Å²) in [5.41, 5.74) is 0. The van der Waals surface area contributed by atoms with E-state index in [0.717, 1.165) is 38.5 Å². The second kappa shape index (κ2) is 50.7. The molecule has 0 aromatic heterocycles. The summed E-state index contributed by atoms with van der Waals surface area (Å²) >= 11 is 0. The Bertz CT molecular complexity index is 988. The number of aliphatic hydroxyl groups is 1. The molecule has 0 radical (unpaired) electrons. The lowest BCUT2D eigenvalue weighted by Crippen LogP contribution is -2.45. The molecule has 2 atom stereocenters. The zero-order valence-corrected chi connectivity index (χ0v) is 43.2. The van der Waals surface area contributed by atoms with Gasteiger partial charge in [-0.05, 0) is 19.3 Å². The van der Waals surface area contributed by atoms with Crippen LogP contribution < -0.4 is 5.32 Å². The van der Waals surface area contributed by atoms with Crippen LogP contribution in [0.2, 0.25) is 0 Å². The van der Waals surface area contributed by atoms with Gasteiger partial charge in [0.2, 0.25) is 5.91 Å². The number of unbranched alkanes of at least 4 members (excludes halogenated alkanes) is 44. The van der Waals surface area contributed by atoms with Gasteiger partial charge in [0.25, 0.3) is 0 Å². The second-order valence-electron chi connectivity index (χ2n) is 19.6. The molecule has 63 heavy (non-hydrogen) atoms. The van der Waals surface area contributed by atoms with E-state index in [9.17, 15) is 24.3 Å². The van der Waals surface area contributed by atoms with Gasteiger partial charge in [0.1, 0.15) is 0 Å². The van der Waals surface area contributed by atoms with Crippen LogP contribution in [-0.2, 0) is 13.9 Å². The Hall–Kier alpha value is -0.720. The molecule has 0 saturated carbocycles. The summed E-state index contributed by atoms with van der Waals surface area (Å²) in [7, 11) is -4.72. The Balaban J connectivity index is 3.61. The van der Waals surface area contributed by atoms with Gasteiger partial charge in [-0.3, -0.25) is 9.32 Å². The van der Waals surface area contributed by atoms with E-state index < -0.39 is 26.6 Å². The summed E-state index contributed by atoms with van der Waals surface area (Å²) in [4.78, 5) is 31.0. The Morgan fingerprint density at radius 3 is 0.968 bits per heavy atom. The van der Waals surface area contributed by atoms with Crippen LogP contribution in [0.1, 0.15) is 316 Å². The van der Waals surface area contributed by atoms with Gasteiger partial charge in [-0.15, -0.1) is 0 Å². The third-order valence-corrected chi connectivity index (χ3v) is 13.7. The van der Waals surface area contributed by atoms with Crippen LogP contribution in [0.4, 0.5) is 0 Å². The number of rotatable bonds is 53. The van der Waals surface area contributed by atoms with Crippen molar-refractivity contribution in [2.45, 2.75) is 328 Å². The highest BCUT2D eigenvalue weighted by Crippen LogP contribution is 2.36. The number of phosphoric ester groups is 1. The molecule has 0 aromatic rings. The molecule has 0 aliphatic heterocycles. The third kappa shape index (κ3) is 52.1. The number of hydrogen-bond acceptors (Lipinski definition) is 4. The Morgan fingerprint density at radius 2 is 0.698 bits per heavy atom. The molecule has 0 spiro atoms. The molecule has 0 heterocycles. The maximum atomic E-state index is 12.6. The molecule has 1 amide bonds. The highest BCUT2D eigenvalue weighted by atomic mass is 31.2. The number of hydrogen-bond donors (Lipinski definition) is 4. The van der Waals surface area contributed by atoms with Gasteiger partial charge < -0.3 is 20.2 Å². The van der Waals surface area contributed by atoms with E-state index in [2.05, 4.69) is 23.7 Å². The number of carbonyl (C=O) groups is 1. The Labute approximate surface area is 393 Å². The Morgan fingerprint density at radius 1 is 0.444 bits per heavy atom. The minimum Gasteiger partial charge on any atom is -0.387 e. The summed E-state index contributed by atoms with van der Waals surface area (Å²) in [5, 5.41) is 13.4. The van der Waals surface area contributed by atoms with Crippen LogP contribution in [0.3, 0.4) is 0 Å². The van der Waals surface area contributed by atoms with Crippen molar-refractivity contribution in [3.05, 3.63) is 12.2 Å². The quantitative estimate of drug-likeness (QED) is 0.0274. The number of phosphoric acid groups is 1. The van der Waals surface area contributed by atoms with Crippen molar-refractivity contribution in [3.63, 3.8) is 0 Å². The smallest absolute Gasteiger partial charge is 0.387 e. The highest BCUT2D eigenvalue weighted by Gasteiger charge is 2.24. The molecule has 0 unspecified atom stereocenters. The Kier molecular flexibility index (Phi) is 50.1. The molecule has 4 N–H and O–H groups in total. The van der Waals surface area contributed by atoms with Crippen molar-refractivity contribution in [2.24, 2.45) is 0 Å². The average molecular weight is 912 g/mol. The predicted octanol–water partition coefficient (Wildman–Crippen LogP) is 17.9. The topological polar surface area (TPSA) is 116 Å². The molecule has 0 aromatic carbocycles.